The molecule has 138 valence electrons. The Hall–Kier alpha value is -1.51. The van der Waals surface area contributed by atoms with Crippen LogP contribution in [0.15, 0.2) is 5.38 Å². The van der Waals surface area contributed by atoms with Crippen molar-refractivity contribution in [2.75, 3.05) is 46.0 Å². The van der Waals surface area contributed by atoms with E-state index in [1.165, 1.54) is 11.3 Å². The van der Waals surface area contributed by atoms with Crippen LogP contribution in [0.3, 0.4) is 0 Å². The van der Waals surface area contributed by atoms with Crippen molar-refractivity contribution in [3.8, 4) is 0 Å². The van der Waals surface area contributed by atoms with Crippen LogP contribution >= 0.6 is 11.3 Å². The zero-order valence-corrected chi connectivity index (χ0v) is 15.4. The maximum absolute atomic E-state index is 12.7. The number of hydrogen-bond acceptors (Lipinski definition) is 7. The zero-order chi connectivity index (χ0) is 17.6. The number of piperidine rings is 1. The van der Waals surface area contributed by atoms with Gasteiger partial charge in [-0.3, -0.25) is 14.5 Å². The Bertz CT molecular complexity index is 600. The summed E-state index contributed by atoms with van der Waals surface area (Å²) in [4.78, 5) is 33.2. The minimum absolute atomic E-state index is 0.0847. The van der Waals surface area contributed by atoms with Gasteiger partial charge in [0.15, 0.2) is 0 Å². The molecule has 0 aromatic carbocycles. The summed E-state index contributed by atoms with van der Waals surface area (Å²) in [6, 6.07) is 0. The Balaban J connectivity index is 1.57. The molecule has 1 aromatic rings. The third-order valence-electron chi connectivity index (χ3n) is 4.56. The number of ether oxygens (including phenoxy) is 2. The van der Waals surface area contributed by atoms with Gasteiger partial charge in [0.2, 0.25) is 0 Å². The Morgan fingerprint density at radius 1 is 1.36 bits per heavy atom. The first-order valence-corrected chi connectivity index (χ1v) is 9.75. The molecule has 3 heterocycles. The SMILES string of the molecule is CCOC(=O)C1CCCN(C(=O)c2csc(CN3CCOCC3)n2)C1. The number of esters is 1. The van der Waals surface area contributed by atoms with E-state index < -0.39 is 0 Å². The number of rotatable bonds is 5. The summed E-state index contributed by atoms with van der Waals surface area (Å²) in [6.07, 6.45) is 1.60. The van der Waals surface area contributed by atoms with Crippen molar-refractivity contribution >= 4 is 23.2 Å². The largest absolute Gasteiger partial charge is 0.466 e. The van der Waals surface area contributed by atoms with Crippen LogP contribution in [0, 0.1) is 5.92 Å². The molecule has 8 heteroatoms. The minimum Gasteiger partial charge on any atom is -0.466 e. The van der Waals surface area contributed by atoms with E-state index in [1.54, 1.807) is 11.8 Å². The van der Waals surface area contributed by atoms with Crippen LogP contribution in [0.4, 0.5) is 0 Å². The van der Waals surface area contributed by atoms with Gasteiger partial charge in [0.25, 0.3) is 5.91 Å². The van der Waals surface area contributed by atoms with Crippen LogP contribution in [0.5, 0.6) is 0 Å². The average Bonchev–Trinajstić information content (AvgIpc) is 3.11. The van der Waals surface area contributed by atoms with Gasteiger partial charge < -0.3 is 14.4 Å². The Morgan fingerprint density at radius 2 is 2.16 bits per heavy atom. The van der Waals surface area contributed by atoms with Gasteiger partial charge in [-0.15, -0.1) is 11.3 Å². The van der Waals surface area contributed by atoms with Crippen LogP contribution in [0.2, 0.25) is 0 Å². The van der Waals surface area contributed by atoms with E-state index in [4.69, 9.17) is 9.47 Å². The van der Waals surface area contributed by atoms with E-state index in [-0.39, 0.29) is 17.8 Å². The van der Waals surface area contributed by atoms with E-state index >= 15 is 0 Å². The molecule has 0 aliphatic carbocycles. The van der Waals surface area contributed by atoms with Crippen molar-refractivity contribution in [2.24, 2.45) is 5.92 Å². The maximum atomic E-state index is 12.7. The second-order valence-electron chi connectivity index (χ2n) is 6.36. The molecule has 2 saturated heterocycles. The second-order valence-corrected chi connectivity index (χ2v) is 7.30. The summed E-state index contributed by atoms with van der Waals surface area (Å²) in [7, 11) is 0. The van der Waals surface area contributed by atoms with Gasteiger partial charge in [0, 0.05) is 31.6 Å². The first-order chi connectivity index (χ1) is 12.2. The number of nitrogens with zero attached hydrogens (tertiary/aromatic N) is 3. The number of morpholine rings is 1. The van der Waals surface area contributed by atoms with Crippen molar-refractivity contribution in [1.82, 2.24) is 14.8 Å². The van der Waals surface area contributed by atoms with E-state index in [2.05, 4.69) is 9.88 Å². The molecule has 3 rings (SSSR count). The van der Waals surface area contributed by atoms with E-state index in [0.29, 0.717) is 25.4 Å². The highest BCUT2D eigenvalue weighted by atomic mass is 32.1. The highest BCUT2D eigenvalue weighted by molar-refractivity contribution is 7.09. The molecule has 2 aliphatic rings. The smallest absolute Gasteiger partial charge is 0.310 e. The Labute approximate surface area is 151 Å². The average molecular weight is 367 g/mol. The third-order valence-corrected chi connectivity index (χ3v) is 5.40. The molecule has 0 bridgehead atoms. The van der Waals surface area contributed by atoms with Crippen molar-refractivity contribution in [3.05, 3.63) is 16.1 Å². The third kappa shape index (κ3) is 4.77. The molecule has 1 atom stereocenters. The Morgan fingerprint density at radius 3 is 2.92 bits per heavy atom. The van der Waals surface area contributed by atoms with Crippen molar-refractivity contribution < 1.29 is 19.1 Å². The number of carbonyl (C=O) groups is 2. The highest BCUT2D eigenvalue weighted by Gasteiger charge is 2.30. The predicted molar refractivity (Wildman–Crippen MR) is 93.5 cm³/mol. The van der Waals surface area contributed by atoms with E-state index in [1.807, 2.05) is 5.38 Å². The summed E-state index contributed by atoms with van der Waals surface area (Å²) in [5, 5.41) is 2.77. The minimum atomic E-state index is -0.218. The van der Waals surface area contributed by atoms with Crippen LogP contribution in [0.25, 0.3) is 0 Å². The van der Waals surface area contributed by atoms with Crippen molar-refractivity contribution in [3.63, 3.8) is 0 Å². The predicted octanol–water partition coefficient (Wildman–Crippen LogP) is 1.39. The number of hydrogen-bond donors (Lipinski definition) is 0. The van der Waals surface area contributed by atoms with Crippen molar-refractivity contribution in [1.29, 1.82) is 0 Å². The van der Waals surface area contributed by atoms with Crippen LogP contribution in [-0.2, 0) is 20.8 Å². The van der Waals surface area contributed by atoms with Gasteiger partial charge in [-0.25, -0.2) is 4.98 Å². The fraction of sp³-hybridized carbons (Fsp3) is 0.706. The lowest BCUT2D eigenvalue weighted by molar-refractivity contribution is -0.149. The molecule has 25 heavy (non-hydrogen) atoms. The molecule has 0 N–H and O–H groups in total. The van der Waals surface area contributed by atoms with Gasteiger partial charge in [0.05, 0.1) is 32.3 Å². The topological polar surface area (TPSA) is 72.0 Å². The molecular weight excluding hydrogens is 342 g/mol. The first-order valence-electron chi connectivity index (χ1n) is 8.87. The quantitative estimate of drug-likeness (QED) is 0.733. The summed E-state index contributed by atoms with van der Waals surface area (Å²) < 4.78 is 10.4. The normalized spacial score (nSPS) is 22.0. The highest BCUT2D eigenvalue weighted by Crippen LogP contribution is 2.21. The second kappa shape index (κ2) is 8.73. The molecule has 0 spiro atoms. The lowest BCUT2D eigenvalue weighted by atomic mass is 9.98. The summed E-state index contributed by atoms with van der Waals surface area (Å²) in [5.74, 6) is -0.506. The fourth-order valence-corrected chi connectivity index (χ4v) is 4.02. The van der Waals surface area contributed by atoms with E-state index in [9.17, 15) is 9.59 Å². The number of thiazole rings is 1. The van der Waals surface area contributed by atoms with Gasteiger partial charge in [-0.05, 0) is 19.8 Å². The summed E-state index contributed by atoms with van der Waals surface area (Å²) in [6.45, 7) is 7.33. The number of aromatic nitrogens is 1. The standard InChI is InChI=1S/C17H25N3O4S/c1-2-24-17(22)13-4-3-5-20(10-13)16(21)14-12-25-15(18-14)11-19-6-8-23-9-7-19/h12-13H,2-11H2,1H3. The monoisotopic (exact) mass is 367 g/mol. The maximum Gasteiger partial charge on any atom is 0.310 e. The molecule has 0 radical (unpaired) electrons. The fourth-order valence-electron chi connectivity index (χ4n) is 3.21. The van der Waals surface area contributed by atoms with Crippen LogP contribution in [-0.4, -0.2) is 72.7 Å². The first kappa shape index (κ1) is 18.3. The summed E-state index contributed by atoms with van der Waals surface area (Å²) >= 11 is 1.52. The van der Waals surface area contributed by atoms with Crippen molar-refractivity contribution in [2.45, 2.75) is 26.3 Å². The van der Waals surface area contributed by atoms with Gasteiger partial charge >= 0.3 is 5.97 Å². The molecular formula is C17H25N3O4S. The van der Waals surface area contributed by atoms with Gasteiger partial charge in [-0.2, -0.15) is 0 Å². The van der Waals surface area contributed by atoms with Gasteiger partial charge in [0.1, 0.15) is 10.7 Å². The van der Waals surface area contributed by atoms with Crippen LogP contribution in [0.1, 0.15) is 35.3 Å². The molecule has 1 aromatic heterocycles. The number of carbonyl (C=O) groups excluding carboxylic acids is 2. The van der Waals surface area contributed by atoms with Crippen LogP contribution < -0.4 is 0 Å². The Kier molecular flexibility index (Phi) is 6.39. The lowest BCUT2D eigenvalue weighted by Crippen LogP contribution is -2.43. The zero-order valence-electron chi connectivity index (χ0n) is 14.6. The lowest BCUT2D eigenvalue weighted by Gasteiger charge is -2.31. The molecule has 1 unspecified atom stereocenters. The molecule has 0 saturated carbocycles. The molecule has 7 nitrogen and oxygen atoms in total. The number of amides is 1. The molecule has 2 aliphatic heterocycles. The van der Waals surface area contributed by atoms with E-state index in [0.717, 1.165) is 50.7 Å². The van der Waals surface area contributed by atoms with Gasteiger partial charge in [-0.1, -0.05) is 0 Å². The molecule has 1 amide bonds. The summed E-state index contributed by atoms with van der Waals surface area (Å²) in [5.41, 5.74) is 0.484. The molecule has 2 fully saturated rings. The number of likely N-dealkylation sites (tertiary alicyclic amines) is 1.